The largest absolute Gasteiger partial charge is 0.329 e. The van der Waals surface area contributed by atoms with E-state index in [4.69, 9.17) is 0 Å². The second kappa shape index (κ2) is 6.15. The minimum Gasteiger partial charge on any atom is -0.329 e. The minimum atomic E-state index is -0.257. The maximum Gasteiger partial charge on any atom is 0.324 e. The molecule has 6 nitrogen and oxygen atoms in total. The van der Waals surface area contributed by atoms with E-state index in [1.165, 1.54) is 17.7 Å². The first-order valence-electron chi connectivity index (χ1n) is 6.64. The van der Waals surface area contributed by atoms with E-state index in [0.29, 0.717) is 12.5 Å². The standard InChI is InChI=1S/C12H22N4O2/c1-15(9-10-3-2-4-13-7-10)5-6-16-11(17)8-14-12(16)18/h10,13H,2-9H2,1H3,(H,14,18). The van der Waals surface area contributed by atoms with Gasteiger partial charge >= 0.3 is 6.03 Å². The second-order valence-electron chi connectivity index (χ2n) is 5.18. The highest BCUT2D eigenvalue weighted by atomic mass is 16.2. The van der Waals surface area contributed by atoms with Crippen molar-refractivity contribution in [2.45, 2.75) is 12.8 Å². The van der Waals surface area contributed by atoms with Gasteiger partial charge in [0, 0.05) is 19.6 Å². The van der Waals surface area contributed by atoms with Gasteiger partial charge in [0.1, 0.15) is 0 Å². The molecule has 2 fully saturated rings. The molecule has 1 atom stereocenters. The van der Waals surface area contributed by atoms with E-state index in [0.717, 1.165) is 26.2 Å². The van der Waals surface area contributed by atoms with Crippen LogP contribution in [-0.2, 0) is 4.79 Å². The van der Waals surface area contributed by atoms with Gasteiger partial charge in [0.2, 0.25) is 5.91 Å². The van der Waals surface area contributed by atoms with Gasteiger partial charge in [0.05, 0.1) is 6.54 Å². The zero-order valence-corrected chi connectivity index (χ0v) is 10.9. The van der Waals surface area contributed by atoms with Crippen LogP contribution in [0.25, 0.3) is 0 Å². The van der Waals surface area contributed by atoms with E-state index in [9.17, 15) is 9.59 Å². The first-order chi connectivity index (χ1) is 8.66. The molecule has 0 saturated carbocycles. The number of likely N-dealkylation sites (N-methyl/N-ethyl adjacent to an activating group) is 1. The lowest BCUT2D eigenvalue weighted by Crippen LogP contribution is -2.41. The molecular formula is C12H22N4O2. The molecule has 2 saturated heterocycles. The molecule has 2 aliphatic rings. The molecule has 1 unspecified atom stereocenters. The average molecular weight is 254 g/mol. The van der Waals surface area contributed by atoms with Gasteiger partial charge in [-0.2, -0.15) is 0 Å². The molecule has 2 heterocycles. The fourth-order valence-electron chi connectivity index (χ4n) is 2.56. The number of rotatable bonds is 5. The number of carbonyl (C=O) groups excluding carboxylic acids is 2. The lowest BCUT2D eigenvalue weighted by Gasteiger charge is -2.28. The fraction of sp³-hybridized carbons (Fsp3) is 0.833. The van der Waals surface area contributed by atoms with Crippen LogP contribution in [0.5, 0.6) is 0 Å². The molecule has 0 spiro atoms. The van der Waals surface area contributed by atoms with Crippen LogP contribution in [0.15, 0.2) is 0 Å². The highest BCUT2D eigenvalue weighted by Crippen LogP contribution is 2.11. The molecule has 2 rings (SSSR count). The van der Waals surface area contributed by atoms with Gasteiger partial charge in [0.25, 0.3) is 0 Å². The van der Waals surface area contributed by atoms with Crippen molar-refractivity contribution in [3.05, 3.63) is 0 Å². The predicted molar refractivity (Wildman–Crippen MR) is 68.2 cm³/mol. The summed E-state index contributed by atoms with van der Waals surface area (Å²) in [5.74, 6) is 0.569. The van der Waals surface area contributed by atoms with E-state index >= 15 is 0 Å². The van der Waals surface area contributed by atoms with Gasteiger partial charge in [0.15, 0.2) is 0 Å². The highest BCUT2D eigenvalue weighted by Gasteiger charge is 2.28. The van der Waals surface area contributed by atoms with Crippen molar-refractivity contribution in [2.75, 3.05) is 46.3 Å². The summed E-state index contributed by atoms with van der Waals surface area (Å²) in [6, 6.07) is -0.257. The first kappa shape index (κ1) is 13.3. The van der Waals surface area contributed by atoms with Crippen molar-refractivity contribution in [2.24, 2.45) is 5.92 Å². The Kier molecular flexibility index (Phi) is 4.54. The smallest absolute Gasteiger partial charge is 0.324 e. The van der Waals surface area contributed by atoms with Gasteiger partial charge in [-0.1, -0.05) is 0 Å². The van der Waals surface area contributed by atoms with E-state index in [1.54, 1.807) is 0 Å². The SMILES string of the molecule is CN(CCN1C(=O)CNC1=O)CC1CCCNC1. The molecule has 18 heavy (non-hydrogen) atoms. The third kappa shape index (κ3) is 3.43. The molecule has 0 aromatic carbocycles. The van der Waals surface area contributed by atoms with Crippen LogP contribution in [0.1, 0.15) is 12.8 Å². The number of hydrogen-bond donors (Lipinski definition) is 2. The Morgan fingerprint density at radius 2 is 2.28 bits per heavy atom. The lowest BCUT2D eigenvalue weighted by atomic mass is 9.99. The summed E-state index contributed by atoms with van der Waals surface area (Å²) in [4.78, 5) is 26.3. The minimum absolute atomic E-state index is 0.118. The number of carbonyl (C=O) groups is 2. The molecule has 2 N–H and O–H groups in total. The Morgan fingerprint density at radius 3 is 2.89 bits per heavy atom. The number of piperidine rings is 1. The molecule has 0 aliphatic carbocycles. The number of amides is 3. The summed E-state index contributed by atoms with van der Waals surface area (Å²) in [5.41, 5.74) is 0. The third-order valence-electron chi connectivity index (χ3n) is 3.61. The summed E-state index contributed by atoms with van der Waals surface area (Å²) in [5, 5.41) is 5.93. The van der Waals surface area contributed by atoms with Crippen LogP contribution in [0.3, 0.4) is 0 Å². The maximum absolute atomic E-state index is 11.4. The summed E-state index contributed by atoms with van der Waals surface area (Å²) in [7, 11) is 2.05. The second-order valence-corrected chi connectivity index (χ2v) is 5.18. The lowest BCUT2D eigenvalue weighted by molar-refractivity contribution is -0.125. The number of nitrogens with one attached hydrogen (secondary N) is 2. The zero-order valence-electron chi connectivity index (χ0n) is 10.9. The van der Waals surface area contributed by atoms with E-state index in [-0.39, 0.29) is 18.5 Å². The monoisotopic (exact) mass is 254 g/mol. The number of urea groups is 1. The molecule has 6 heteroatoms. The van der Waals surface area contributed by atoms with Crippen LogP contribution in [0, 0.1) is 5.92 Å². The molecular weight excluding hydrogens is 232 g/mol. The Bertz CT molecular complexity index is 299. The van der Waals surface area contributed by atoms with Crippen LogP contribution in [0.2, 0.25) is 0 Å². The van der Waals surface area contributed by atoms with Gasteiger partial charge < -0.3 is 15.5 Å². The van der Waals surface area contributed by atoms with E-state index < -0.39 is 0 Å². The highest BCUT2D eigenvalue weighted by molar-refractivity contribution is 6.01. The third-order valence-corrected chi connectivity index (χ3v) is 3.61. The number of hydrogen-bond acceptors (Lipinski definition) is 4. The molecule has 3 amide bonds. The molecule has 0 bridgehead atoms. The van der Waals surface area contributed by atoms with E-state index in [2.05, 4.69) is 15.5 Å². The summed E-state index contributed by atoms with van der Waals surface area (Å²) >= 11 is 0. The van der Waals surface area contributed by atoms with Crippen molar-refractivity contribution in [3.8, 4) is 0 Å². The van der Waals surface area contributed by atoms with Crippen molar-refractivity contribution in [1.82, 2.24) is 20.4 Å². The van der Waals surface area contributed by atoms with Crippen LogP contribution >= 0.6 is 0 Å². The van der Waals surface area contributed by atoms with Crippen molar-refractivity contribution >= 4 is 11.9 Å². The Balaban J connectivity index is 1.69. The average Bonchev–Trinajstić information content (AvgIpc) is 2.68. The fourth-order valence-corrected chi connectivity index (χ4v) is 2.56. The molecule has 0 aromatic rings. The molecule has 102 valence electrons. The van der Waals surface area contributed by atoms with Gasteiger partial charge in [-0.25, -0.2) is 4.79 Å². The zero-order chi connectivity index (χ0) is 13.0. The first-order valence-corrected chi connectivity index (χ1v) is 6.64. The van der Waals surface area contributed by atoms with E-state index in [1.807, 2.05) is 7.05 Å². The van der Waals surface area contributed by atoms with Crippen LogP contribution < -0.4 is 10.6 Å². The molecule has 0 radical (unpaired) electrons. The summed E-state index contributed by atoms with van der Waals surface area (Å²) in [6.07, 6.45) is 2.51. The molecule has 2 aliphatic heterocycles. The maximum atomic E-state index is 11.4. The van der Waals surface area contributed by atoms with Crippen molar-refractivity contribution in [3.63, 3.8) is 0 Å². The van der Waals surface area contributed by atoms with Gasteiger partial charge in [-0.15, -0.1) is 0 Å². The molecule has 0 aromatic heterocycles. The van der Waals surface area contributed by atoms with Gasteiger partial charge in [-0.05, 0) is 38.9 Å². The quantitative estimate of drug-likeness (QED) is 0.647. The number of nitrogens with zero attached hydrogens (tertiary/aromatic N) is 2. The normalized spacial score (nSPS) is 24.8. The Morgan fingerprint density at radius 1 is 1.44 bits per heavy atom. The van der Waals surface area contributed by atoms with Crippen molar-refractivity contribution in [1.29, 1.82) is 0 Å². The Labute approximate surface area is 108 Å². The summed E-state index contributed by atoms with van der Waals surface area (Å²) < 4.78 is 0. The van der Waals surface area contributed by atoms with Gasteiger partial charge in [-0.3, -0.25) is 9.69 Å². The predicted octanol–water partition coefficient (Wildman–Crippen LogP) is -0.530. The number of imide groups is 1. The van der Waals surface area contributed by atoms with Crippen LogP contribution in [-0.4, -0.2) is 68.1 Å². The van der Waals surface area contributed by atoms with Crippen molar-refractivity contribution < 1.29 is 9.59 Å². The topological polar surface area (TPSA) is 64.7 Å². The Hall–Kier alpha value is -1.14. The van der Waals surface area contributed by atoms with Crippen LogP contribution in [0.4, 0.5) is 4.79 Å². The summed E-state index contributed by atoms with van der Waals surface area (Å²) in [6.45, 7) is 4.61.